The van der Waals surface area contributed by atoms with Crippen LogP contribution in [0.15, 0.2) is 78.2 Å². The maximum absolute atomic E-state index is 13.1. The van der Waals surface area contributed by atoms with Gasteiger partial charge in [0, 0.05) is 17.2 Å². The summed E-state index contributed by atoms with van der Waals surface area (Å²) in [5, 5.41) is 9.70. The highest BCUT2D eigenvalue weighted by Gasteiger charge is 2.32. The standard InChI is InChI=1S/C24H17FN2O4/c1-29-20-5-3-2-4-17(20)22-18-11-10-16(12-21(18)31-23(27)19(22)13-26)30-24(28)14-6-8-15(25)9-7-14/h2-12,22H,27H2,1H3. The molecule has 2 N–H and O–H groups in total. The molecule has 0 fully saturated rings. The van der Waals surface area contributed by atoms with Gasteiger partial charge < -0.3 is 19.9 Å². The van der Waals surface area contributed by atoms with Crippen molar-refractivity contribution in [2.45, 2.75) is 5.92 Å². The van der Waals surface area contributed by atoms with Gasteiger partial charge in [-0.2, -0.15) is 5.26 Å². The average molecular weight is 416 g/mol. The van der Waals surface area contributed by atoms with Crippen molar-refractivity contribution in [1.29, 1.82) is 5.26 Å². The van der Waals surface area contributed by atoms with E-state index in [2.05, 4.69) is 6.07 Å². The fourth-order valence-corrected chi connectivity index (χ4v) is 3.48. The Kier molecular flexibility index (Phi) is 5.29. The quantitative estimate of drug-likeness (QED) is 0.504. The number of benzene rings is 3. The molecule has 0 saturated carbocycles. The van der Waals surface area contributed by atoms with Crippen LogP contribution in [0.5, 0.6) is 17.2 Å². The molecular formula is C24H17FN2O4. The third-order valence-corrected chi connectivity index (χ3v) is 4.93. The summed E-state index contributed by atoms with van der Waals surface area (Å²) in [4.78, 5) is 12.3. The Bertz CT molecular complexity index is 1230. The van der Waals surface area contributed by atoms with E-state index in [-0.39, 0.29) is 22.8 Å². The van der Waals surface area contributed by atoms with Crippen molar-refractivity contribution in [3.8, 4) is 23.3 Å². The van der Waals surface area contributed by atoms with E-state index >= 15 is 0 Å². The van der Waals surface area contributed by atoms with E-state index in [1.807, 2.05) is 18.2 Å². The van der Waals surface area contributed by atoms with Crippen molar-refractivity contribution in [3.63, 3.8) is 0 Å². The van der Waals surface area contributed by atoms with E-state index in [9.17, 15) is 14.4 Å². The number of rotatable bonds is 4. The van der Waals surface area contributed by atoms with Crippen molar-refractivity contribution >= 4 is 5.97 Å². The van der Waals surface area contributed by atoms with E-state index in [0.29, 0.717) is 17.1 Å². The van der Waals surface area contributed by atoms with Crippen molar-refractivity contribution in [2.24, 2.45) is 5.73 Å². The molecule has 0 aliphatic carbocycles. The van der Waals surface area contributed by atoms with E-state index in [1.165, 1.54) is 30.3 Å². The van der Waals surface area contributed by atoms with Crippen LogP contribution < -0.4 is 19.9 Å². The topological polar surface area (TPSA) is 94.6 Å². The Hall–Kier alpha value is -4.31. The van der Waals surface area contributed by atoms with E-state index in [1.54, 1.807) is 25.3 Å². The summed E-state index contributed by atoms with van der Waals surface area (Å²) >= 11 is 0. The highest BCUT2D eigenvalue weighted by atomic mass is 19.1. The number of methoxy groups -OCH3 is 1. The lowest BCUT2D eigenvalue weighted by molar-refractivity contribution is 0.0734. The number of nitrogens with zero attached hydrogens (tertiary/aromatic N) is 1. The van der Waals surface area contributed by atoms with Crippen molar-refractivity contribution in [2.75, 3.05) is 7.11 Å². The molecule has 31 heavy (non-hydrogen) atoms. The van der Waals surface area contributed by atoms with Crippen LogP contribution in [0.25, 0.3) is 0 Å². The molecule has 1 unspecified atom stereocenters. The monoisotopic (exact) mass is 416 g/mol. The SMILES string of the molecule is COc1ccccc1C1C(C#N)=C(N)Oc2cc(OC(=O)c3ccc(F)cc3)ccc21. The van der Waals surface area contributed by atoms with Crippen molar-refractivity contribution < 1.29 is 23.4 Å². The molecule has 4 rings (SSSR count). The summed E-state index contributed by atoms with van der Waals surface area (Å²) in [6, 6.07) is 19.3. The highest BCUT2D eigenvalue weighted by molar-refractivity contribution is 5.91. The Morgan fingerprint density at radius 2 is 1.84 bits per heavy atom. The van der Waals surface area contributed by atoms with Gasteiger partial charge in [-0.15, -0.1) is 0 Å². The van der Waals surface area contributed by atoms with Crippen LogP contribution in [0.2, 0.25) is 0 Å². The number of para-hydroxylation sites is 1. The van der Waals surface area contributed by atoms with Gasteiger partial charge in [-0.05, 0) is 36.4 Å². The lowest BCUT2D eigenvalue weighted by Gasteiger charge is -2.27. The summed E-state index contributed by atoms with van der Waals surface area (Å²) in [6.45, 7) is 0. The van der Waals surface area contributed by atoms with Gasteiger partial charge in [-0.1, -0.05) is 24.3 Å². The zero-order valence-electron chi connectivity index (χ0n) is 16.5. The Balaban J connectivity index is 1.71. The van der Waals surface area contributed by atoms with Crippen LogP contribution in [-0.4, -0.2) is 13.1 Å². The van der Waals surface area contributed by atoms with Gasteiger partial charge in [0.1, 0.15) is 34.7 Å². The zero-order chi connectivity index (χ0) is 22.0. The molecule has 1 heterocycles. The molecule has 7 heteroatoms. The number of nitriles is 1. The molecule has 0 spiro atoms. The molecule has 0 amide bonds. The van der Waals surface area contributed by atoms with Gasteiger partial charge in [0.25, 0.3) is 0 Å². The van der Waals surface area contributed by atoms with E-state index < -0.39 is 17.7 Å². The molecule has 0 saturated heterocycles. The zero-order valence-corrected chi connectivity index (χ0v) is 16.5. The second-order valence-electron chi connectivity index (χ2n) is 6.76. The van der Waals surface area contributed by atoms with E-state index in [4.69, 9.17) is 19.9 Å². The first kappa shape index (κ1) is 20.0. The predicted molar refractivity (Wildman–Crippen MR) is 110 cm³/mol. The van der Waals surface area contributed by atoms with Crippen LogP contribution in [0.4, 0.5) is 4.39 Å². The fraction of sp³-hybridized carbons (Fsp3) is 0.0833. The molecule has 1 aliphatic heterocycles. The molecule has 0 aromatic heterocycles. The van der Waals surface area contributed by atoms with Crippen LogP contribution in [-0.2, 0) is 0 Å². The Morgan fingerprint density at radius 3 is 2.55 bits per heavy atom. The largest absolute Gasteiger partial charge is 0.496 e. The first-order chi connectivity index (χ1) is 15.0. The number of ether oxygens (including phenoxy) is 3. The summed E-state index contributed by atoms with van der Waals surface area (Å²) in [5.41, 5.74) is 7.93. The molecule has 3 aromatic rings. The first-order valence-corrected chi connectivity index (χ1v) is 9.34. The van der Waals surface area contributed by atoms with Crippen LogP contribution >= 0.6 is 0 Å². The molecule has 154 valence electrons. The number of hydrogen-bond donors (Lipinski definition) is 1. The third-order valence-electron chi connectivity index (χ3n) is 4.93. The number of carbonyl (C=O) groups excluding carboxylic acids is 1. The van der Waals surface area contributed by atoms with Crippen molar-refractivity contribution in [1.82, 2.24) is 0 Å². The number of hydrogen-bond acceptors (Lipinski definition) is 6. The minimum absolute atomic E-state index is 0.0343. The number of nitrogens with two attached hydrogens (primary N) is 1. The number of carbonyl (C=O) groups is 1. The summed E-state index contributed by atoms with van der Waals surface area (Å²) in [7, 11) is 1.55. The highest BCUT2D eigenvalue weighted by Crippen LogP contribution is 2.45. The van der Waals surface area contributed by atoms with Gasteiger partial charge in [-0.25, -0.2) is 9.18 Å². The minimum Gasteiger partial charge on any atom is -0.496 e. The van der Waals surface area contributed by atoms with Gasteiger partial charge in [0.05, 0.1) is 18.6 Å². The number of allylic oxidation sites excluding steroid dienone is 1. The number of fused-ring (bicyclic) bond motifs is 1. The van der Waals surface area contributed by atoms with Crippen molar-refractivity contribution in [3.05, 3.63) is 101 Å². The summed E-state index contributed by atoms with van der Waals surface area (Å²) < 4.78 is 29.6. The maximum Gasteiger partial charge on any atom is 0.343 e. The molecule has 0 radical (unpaired) electrons. The number of esters is 1. The van der Waals surface area contributed by atoms with Crippen LogP contribution in [0.3, 0.4) is 0 Å². The van der Waals surface area contributed by atoms with Crippen LogP contribution in [0.1, 0.15) is 27.4 Å². The minimum atomic E-state index is -0.640. The first-order valence-electron chi connectivity index (χ1n) is 9.34. The maximum atomic E-state index is 13.1. The second-order valence-corrected chi connectivity index (χ2v) is 6.76. The number of halogens is 1. The smallest absolute Gasteiger partial charge is 0.343 e. The summed E-state index contributed by atoms with van der Waals surface area (Å²) in [6.07, 6.45) is 0. The third kappa shape index (κ3) is 3.79. The molecule has 1 atom stereocenters. The summed E-state index contributed by atoms with van der Waals surface area (Å²) in [5.74, 6) is -0.445. The van der Waals surface area contributed by atoms with Crippen LogP contribution in [0, 0.1) is 17.1 Å². The molecule has 6 nitrogen and oxygen atoms in total. The molecule has 3 aromatic carbocycles. The van der Waals surface area contributed by atoms with E-state index in [0.717, 1.165) is 5.56 Å². The molecule has 0 bridgehead atoms. The Labute approximate surface area is 177 Å². The lowest BCUT2D eigenvalue weighted by atomic mass is 9.83. The molecular weight excluding hydrogens is 399 g/mol. The normalized spacial score (nSPS) is 14.8. The lowest BCUT2D eigenvalue weighted by Crippen LogP contribution is -2.21. The Morgan fingerprint density at radius 1 is 1.10 bits per heavy atom. The molecule has 1 aliphatic rings. The van der Waals surface area contributed by atoms with Gasteiger partial charge in [0.2, 0.25) is 5.88 Å². The average Bonchev–Trinajstić information content (AvgIpc) is 2.78. The van der Waals surface area contributed by atoms with Gasteiger partial charge >= 0.3 is 5.97 Å². The van der Waals surface area contributed by atoms with Gasteiger partial charge in [-0.3, -0.25) is 0 Å². The second kappa shape index (κ2) is 8.20. The fourth-order valence-electron chi connectivity index (χ4n) is 3.48. The van der Waals surface area contributed by atoms with Gasteiger partial charge in [0.15, 0.2) is 0 Å². The predicted octanol–water partition coefficient (Wildman–Crippen LogP) is 4.27.